The quantitative estimate of drug-likeness (QED) is 0.756. The first-order valence-corrected chi connectivity index (χ1v) is 6.43. The molecule has 0 aromatic heterocycles. The molecule has 17 heavy (non-hydrogen) atoms. The van der Waals surface area contributed by atoms with E-state index in [4.69, 9.17) is 0 Å². The summed E-state index contributed by atoms with van der Waals surface area (Å²) in [5.74, 6) is 0.106. The number of rotatable bonds is 4. The maximum atomic E-state index is 12.1. The van der Waals surface area contributed by atoms with E-state index in [1.807, 2.05) is 11.8 Å². The van der Waals surface area contributed by atoms with Crippen molar-refractivity contribution in [1.82, 2.24) is 4.90 Å². The van der Waals surface area contributed by atoms with Crippen LogP contribution in [0.3, 0.4) is 0 Å². The van der Waals surface area contributed by atoms with Crippen LogP contribution in [0.15, 0.2) is 23.8 Å². The van der Waals surface area contributed by atoms with E-state index >= 15 is 0 Å². The molecule has 2 atom stereocenters. The molecule has 1 aliphatic heterocycles. The summed E-state index contributed by atoms with van der Waals surface area (Å²) >= 11 is 0. The molecule has 2 aliphatic rings. The van der Waals surface area contributed by atoms with Crippen LogP contribution in [-0.2, 0) is 4.79 Å². The van der Waals surface area contributed by atoms with E-state index in [-0.39, 0.29) is 5.91 Å². The summed E-state index contributed by atoms with van der Waals surface area (Å²) in [6.07, 6.45) is 8.79. The van der Waals surface area contributed by atoms with Gasteiger partial charge in [0.2, 0.25) is 5.91 Å². The molecule has 1 aliphatic carbocycles. The Morgan fingerprint density at radius 1 is 1.53 bits per heavy atom. The van der Waals surface area contributed by atoms with Crippen LogP contribution in [0.5, 0.6) is 0 Å². The zero-order chi connectivity index (χ0) is 12.5. The van der Waals surface area contributed by atoms with Crippen LogP contribution in [0.2, 0.25) is 0 Å². The Hall–Kier alpha value is -1.09. The smallest absolute Gasteiger partial charge is 0.233 e. The summed E-state index contributed by atoms with van der Waals surface area (Å²) in [4.78, 5) is 14.0. The number of carbonyl (C=O) groups is 1. The van der Waals surface area contributed by atoms with Gasteiger partial charge in [0.05, 0.1) is 11.5 Å². The minimum atomic E-state index is -0.549. The second-order valence-corrected chi connectivity index (χ2v) is 5.11. The third-order valence-corrected chi connectivity index (χ3v) is 4.06. The number of amides is 1. The number of aliphatic hydroxyl groups is 1. The highest BCUT2D eigenvalue weighted by molar-refractivity contribution is 5.89. The van der Waals surface area contributed by atoms with Crippen molar-refractivity contribution in [2.75, 3.05) is 13.1 Å². The van der Waals surface area contributed by atoms with E-state index in [1.165, 1.54) is 5.57 Å². The molecule has 2 unspecified atom stereocenters. The largest absolute Gasteiger partial charge is 0.392 e. The van der Waals surface area contributed by atoms with Crippen LogP contribution in [0.4, 0.5) is 0 Å². The molecule has 1 N–H and O–H groups in total. The van der Waals surface area contributed by atoms with Crippen molar-refractivity contribution in [1.29, 1.82) is 0 Å². The Morgan fingerprint density at radius 2 is 2.29 bits per heavy atom. The number of hydrogen-bond donors (Lipinski definition) is 1. The minimum absolute atomic E-state index is 0.106. The number of likely N-dealkylation sites (tertiary alicyclic amines) is 1. The Labute approximate surface area is 103 Å². The van der Waals surface area contributed by atoms with Crippen molar-refractivity contribution >= 4 is 5.91 Å². The van der Waals surface area contributed by atoms with Crippen molar-refractivity contribution in [2.24, 2.45) is 5.41 Å². The van der Waals surface area contributed by atoms with Crippen molar-refractivity contribution < 1.29 is 9.90 Å². The van der Waals surface area contributed by atoms with Crippen LogP contribution in [0.1, 0.15) is 33.1 Å². The molecular formula is C14H21NO2. The van der Waals surface area contributed by atoms with Gasteiger partial charge < -0.3 is 10.0 Å². The van der Waals surface area contributed by atoms with Gasteiger partial charge in [-0.05, 0) is 31.8 Å². The number of hydrogen-bond acceptors (Lipinski definition) is 2. The standard InChI is InChI=1S/C14H21NO2/c1-3-14(11(2)16)10-15(13(14)17)9-12-7-5-4-6-8-12/h5,7-8,11,16H,3-4,6,9-10H2,1-2H3. The third kappa shape index (κ3) is 2.04. The summed E-state index contributed by atoms with van der Waals surface area (Å²) in [5, 5.41) is 9.74. The fourth-order valence-corrected chi connectivity index (χ4v) is 2.71. The Morgan fingerprint density at radius 3 is 2.76 bits per heavy atom. The lowest BCUT2D eigenvalue weighted by Crippen LogP contribution is -2.65. The number of aliphatic hydroxyl groups excluding tert-OH is 1. The summed E-state index contributed by atoms with van der Waals surface area (Å²) in [5.41, 5.74) is 0.707. The van der Waals surface area contributed by atoms with Crippen molar-refractivity contribution in [3.8, 4) is 0 Å². The molecule has 0 aromatic rings. The average Bonchev–Trinajstić information content (AvgIpc) is 2.34. The molecule has 1 saturated heterocycles. The van der Waals surface area contributed by atoms with Crippen LogP contribution < -0.4 is 0 Å². The van der Waals surface area contributed by atoms with Gasteiger partial charge in [0.15, 0.2) is 0 Å². The van der Waals surface area contributed by atoms with Crippen molar-refractivity contribution in [2.45, 2.75) is 39.2 Å². The summed E-state index contributed by atoms with van der Waals surface area (Å²) in [6.45, 7) is 5.08. The molecule has 1 fully saturated rings. The minimum Gasteiger partial charge on any atom is -0.392 e. The fraction of sp³-hybridized carbons (Fsp3) is 0.643. The topological polar surface area (TPSA) is 40.5 Å². The highest BCUT2D eigenvalue weighted by Crippen LogP contribution is 2.39. The Bertz CT molecular complexity index is 370. The third-order valence-electron chi connectivity index (χ3n) is 4.06. The zero-order valence-electron chi connectivity index (χ0n) is 10.6. The summed E-state index contributed by atoms with van der Waals surface area (Å²) in [7, 11) is 0. The molecule has 3 heteroatoms. The van der Waals surface area contributed by atoms with Crippen molar-refractivity contribution in [3.05, 3.63) is 23.8 Å². The van der Waals surface area contributed by atoms with Gasteiger partial charge in [-0.15, -0.1) is 0 Å². The van der Waals surface area contributed by atoms with E-state index in [0.717, 1.165) is 19.3 Å². The molecule has 94 valence electrons. The van der Waals surface area contributed by atoms with Crippen LogP contribution in [0.25, 0.3) is 0 Å². The SMILES string of the molecule is CCC1(C(C)O)CN(CC2=CCCC=C2)C1=O. The Balaban J connectivity index is 1.97. The number of nitrogens with zero attached hydrogens (tertiary/aromatic N) is 1. The molecule has 1 amide bonds. The predicted octanol–water partition coefficient (Wildman–Crippen LogP) is 1.88. The molecule has 0 saturated carbocycles. The Kier molecular flexibility index (Phi) is 3.38. The molecule has 2 rings (SSSR count). The number of carbonyl (C=O) groups excluding carboxylic acids is 1. The van der Waals surface area contributed by atoms with Crippen molar-refractivity contribution in [3.63, 3.8) is 0 Å². The lowest BCUT2D eigenvalue weighted by molar-refractivity contribution is -0.171. The van der Waals surface area contributed by atoms with Gasteiger partial charge >= 0.3 is 0 Å². The number of allylic oxidation sites excluding steroid dienone is 2. The highest BCUT2D eigenvalue weighted by Gasteiger charge is 2.53. The first kappa shape index (κ1) is 12.4. The average molecular weight is 235 g/mol. The number of β-lactam (4-membered cyclic amide) rings is 1. The molecule has 3 nitrogen and oxygen atoms in total. The van der Waals surface area contributed by atoms with Gasteiger partial charge in [-0.25, -0.2) is 0 Å². The first-order valence-electron chi connectivity index (χ1n) is 6.43. The van der Waals surface area contributed by atoms with Gasteiger partial charge in [-0.2, -0.15) is 0 Å². The van der Waals surface area contributed by atoms with Crippen LogP contribution >= 0.6 is 0 Å². The monoisotopic (exact) mass is 235 g/mol. The fourth-order valence-electron chi connectivity index (χ4n) is 2.71. The van der Waals surface area contributed by atoms with Crippen LogP contribution in [0, 0.1) is 5.41 Å². The van der Waals surface area contributed by atoms with Gasteiger partial charge in [-0.1, -0.05) is 25.2 Å². The lowest BCUT2D eigenvalue weighted by atomic mass is 9.72. The van der Waals surface area contributed by atoms with Gasteiger partial charge in [-0.3, -0.25) is 4.79 Å². The van der Waals surface area contributed by atoms with E-state index in [1.54, 1.807) is 6.92 Å². The maximum absolute atomic E-state index is 12.1. The molecule has 0 bridgehead atoms. The van der Waals surface area contributed by atoms with Gasteiger partial charge in [0, 0.05) is 13.1 Å². The molecule has 0 radical (unpaired) electrons. The molecule has 0 aromatic carbocycles. The lowest BCUT2D eigenvalue weighted by Gasteiger charge is -2.50. The van der Waals surface area contributed by atoms with E-state index in [2.05, 4.69) is 18.2 Å². The van der Waals surface area contributed by atoms with Gasteiger partial charge in [0.25, 0.3) is 0 Å². The summed E-state index contributed by atoms with van der Waals surface area (Å²) in [6, 6.07) is 0. The zero-order valence-corrected chi connectivity index (χ0v) is 10.6. The highest BCUT2D eigenvalue weighted by atomic mass is 16.3. The predicted molar refractivity (Wildman–Crippen MR) is 67.4 cm³/mol. The second-order valence-electron chi connectivity index (χ2n) is 5.11. The second kappa shape index (κ2) is 4.65. The first-order chi connectivity index (χ1) is 8.10. The van der Waals surface area contributed by atoms with Crippen LogP contribution in [-0.4, -0.2) is 35.1 Å². The molecule has 0 spiro atoms. The van der Waals surface area contributed by atoms with E-state index in [0.29, 0.717) is 13.1 Å². The maximum Gasteiger partial charge on any atom is 0.233 e. The van der Waals surface area contributed by atoms with E-state index < -0.39 is 11.5 Å². The molecule has 1 heterocycles. The van der Waals surface area contributed by atoms with E-state index in [9.17, 15) is 9.90 Å². The molecular weight excluding hydrogens is 214 g/mol. The van der Waals surface area contributed by atoms with Gasteiger partial charge in [0.1, 0.15) is 0 Å². The normalized spacial score (nSPS) is 29.9. The summed E-state index contributed by atoms with van der Waals surface area (Å²) < 4.78 is 0.